The number of aliphatic carboxylic acids is 1. The largest absolute Gasteiger partial charge is 0.480 e. The van der Waals surface area contributed by atoms with E-state index >= 15 is 0 Å². The number of nitrogens with one attached hydrogen (secondary N) is 1. The lowest BCUT2D eigenvalue weighted by atomic mass is 10.2. The van der Waals surface area contributed by atoms with Gasteiger partial charge in [0.05, 0.1) is 4.92 Å². The second kappa shape index (κ2) is 8.31. The quantitative estimate of drug-likeness (QED) is 0.383. The van der Waals surface area contributed by atoms with Gasteiger partial charge in [-0.05, 0) is 37.6 Å². The molecule has 0 aliphatic heterocycles. The van der Waals surface area contributed by atoms with Crippen LogP contribution in [0.4, 0.5) is 10.5 Å². The summed E-state index contributed by atoms with van der Waals surface area (Å²) in [6, 6.07) is 0.576. The molecular formula is C13H17N3O8S2. The molecule has 11 nitrogen and oxygen atoms in total. The van der Waals surface area contributed by atoms with Gasteiger partial charge in [0.25, 0.3) is 8.87 Å². The summed E-state index contributed by atoms with van der Waals surface area (Å²) in [5, 5.41) is 21.3. The van der Waals surface area contributed by atoms with E-state index in [0.29, 0.717) is 0 Å². The predicted octanol–water partition coefficient (Wildman–Crippen LogP) is 1.39. The van der Waals surface area contributed by atoms with Gasteiger partial charge >= 0.3 is 17.7 Å². The van der Waals surface area contributed by atoms with Crippen molar-refractivity contribution in [2.75, 3.05) is 5.75 Å². The second-order valence-corrected chi connectivity index (χ2v) is 9.75. The van der Waals surface area contributed by atoms with Crippen LogP contribution >= 0.6 is 10.8 Å². The number of carboxylic acid groups (broad SMARTS) is 1. The fourth-order valence-electron chi connectivity index (χ4n) is 1.55. The fraction of sp³-hybridized carbons (Fsp3) is 0.462. The molecule has 144 valence electrons. The number of nitrogens with zero attached hydrogens (tertiary/aromatic N) is 2. The Bertz CT molecular complexity index is 804. The van der Waals surface area contributed by atoms with Crippen molar-refractivity contribution in [2.24, 2.45) is 0 Å². The zero-order valence-electron chi connectivity index (χ0n) is 14.0. The van der Waals surface area contributed by atoms with Crippen LogP contribution in [0.25, 0.3) is 0 Å². The molecule has 1 atom stereocenters. The maximum atomic E-state index is 12.3. The highest BCUT2D eigenvalue weighted by Crippen LogP contribution is 2.29. The van der Waals surface area contributed by atoms with Crippen molar-refractivity contribution in [1.29, 1.82) is 0 Å². The van der Waals surface area contributed by atoms with Crippen molar-refractivity contribution >= 4 is 37.4 Å². The van der Waals surface area contributed by atoms with Gasteiger partial charge < -0.3 is 15.2 Å². The van der Waals surface area contributed by atoms with Gasteiger partial charge in [0.1, 0.15) is 11.6 Å². The molecule has 2 N–H and O–H groups in total. The highest BCUT2D eigenvalue weighted by atomic mass is 33.1. The third-order valence-corrected chi connectivity index (χ3v) is 5.94. The van der Waals surface area contributed by atoms with Gasteiger partial charge in [0, 0.05) is 18.0 Å². The monoisotopic (exact) mass is 407 g/mol. The molecule has 1 heterocycles. The Morgan fingerprint density at radius 2 is 2.08 bits per heavy atom. The Kier molecular flexibility index (Phi) is 6.92. The lowest BCUT2D eigenvalue weighted by Gasteiger charge is -2.21. The predicted molar refractivity (Wildman–Crippen MR) is 91.3 cm³/mol. The number of carboxylic acids is 1. The van der Waals surface area contributed by atoms with Crippen LogP contribution in [0.2, 0.25) is 0 Å². The van der Waals surface area contributed by atoms with E-state index in [1.807, 2.05) is 5.32 Å². The van der Waals surface area contributed by atoms with Crippen LogP contribution in [0.5, 0.6) is 0 Å². The molecule has 13 heteroatoms. The van der Waals surface area contributed by atoms with E-state index in [1.54, 1.807) is 20.8 Å². The Hall–Kier alpha value is -2.41. The topological polar surface area (TPSA) is 166 Å². The van der Waals surface area contributed by atoms with Crippen LogP contribution in [0.3, 0.4) is 0 Å². The molecule has 1 rings (SSSR count). The maximum Gasteiger partial charge on any atom is 0.408 e. The SMILES string of the molecule is CC(C)(C)OC(=O)N[C@@H](CSS(=O)(=O)c1ncccc1[N+](=O)[O-])C(=O)O. The summed E-state index contributed by atoms with van der Waals surface area (Å²) in [6.45, 7) is 4.71. The number of carbonyl (C=O) groups excluding carboxylic acids is 1. The second-order valence-electron chi connectivity index (χ2n) is 5.86. The number of aromatic nitrogens is 1. The van der Waals surface area contributed by atoms with Crippen LogP contribution in [0, 0.1) is 10.1 Å². The van der Waals surface area contributed by atoms with Crippen LogP contribution < -0.4 is 5.32 Å². The van der Waals surface area contributed by atoms with Crippen molar-refractivity contribution < 1.29 is 32.8 Å². The summed E-state index contributed by atoms with van der Waals surface area (Å²) in [6.07, 6.45) is 0.0281. The number of ether oxygens (including phenoxy) is 1. The van der Waals surface area contributed by atoms with Crippen molar-refractivity contribution in [3.05, 3.63) is 28.4 Å². The molecule has 0 aliphatic carbocycles. The average molecular weight is 407 g/mol. The van der Waals surface area contributed by atoms with Crippen molar-refractivity contribution in [3.8, 4) is 0 Å². The summed E-state index contributed by atoms with van der Waals surface area (Å²) < 4.78 is 29.4. The summed E-state index contributed by atoms with van der Waals surface area (Å²) in [4.78, 5) is 36.4. The summed E-state index contributed by atoms with van der Waals surface area (Å²) in [7, 11) is -4.21. The van der Waals surface area contributed by atoms with E-state index in [0.717, 1.165) is 12.3 Å². The molecule has 0 spiro atoms. The summed E-state index contributed by atoms with van der Waals surface area (Å²) in [5.41, 5.74) is -1.60. The lowest BCUT2D eigenvalue weighted by Crippen LogP contribution is -2.45. The van der Waals surface area contributed by atoms with Gasteiger partial charge in [-0.3, -0.25) is 10.1 Å². The Morgan fingerprint density at radius 3 is 2.58 bits per heavy atom. The lowest BCUT2D eigenvalue weighted by molar-refractivity contribution is -0.388. The third-order valence-electron chi connectivity index (χ3n) is 2.56. The first kappa shape index (κ1) is 21.6. The first-order chi connectivity index (χ1) is 11.8. The van der Waals surface area contributed by atoms with Gasteiger partial charge in [0.2, 0.25) is 5.03 Å². The molecule has 1 aromatic heterocycles. The normalized spacial score (nSPS) is 12.9. The van der Waals surface area contributed by atoms with Crippen LogP contribution in [0.1, 0.15) is 20.8 Å². The van der Waals surface area contributed by atoms with Gasteiger partial charge in [-0.2, -0.15) is 0 Å². The average Bonchev–Trinajstić information content (AvgIpc) is 2.49. The first-order valence-corrected chi connectivity index (χ1v) is 10.0. The summed E-state index contributed by atoms with van der Waals surface area (Å²) in [5.74, 6) is -2.10. The Labute approximate surface area is 152 Å². The van der Waals surface area contributed by atoms with E-state index in [-0.39, 0.29) is 10.8 Å². The van der Waals surface area contributed by atoms with Gasteiger partial charge in [-0.15, -0.1) is 0 Å². The van der Waals surface area contributed by atoms with Crippen molar-refractivity contribution in [2.45, 2.75) is 37.4 Å². The zero-order chi connectivity index (χ0) is 20.1. The minimum absolute atomic E-state index is 0.114. The number of rotatable bonds is 7. The number of amides is 1. The molecule has 0 radical (unpaired) electrons. The molecule has 0 saturated heterocycles. The molecular weight excluding hydrogens is 390 g/mol. The number of carbonyl (C=O) groups is 2. The maximum absolute atomic E-state index is 12.3. The number of hydrogen-bond acceptors (Lipinski definition) is 9. The molecule has 0 fully saturated rings. The Balaban J connectivity index is 2.91. The smallest absolute Gasteiger partial charge is 0.408 e. The minimum atomic E-state index is -4.33. The van der Waals surface area contributed by atoms with E-state index < -0.39 is 54.0 Å². The van der Waals surface area contributed by atoms with E-state index in [2.05, 4.69) is 4.98 Å². The van der Waals surface area contributed by atoms with E-state index in [9.17, 15) is 28.1 Å². The number of nitro groups is 1. The van der Waals surface area contributed by atoms with E-state index in [1.165, 1.54) is 6.07 Å². The molecule has 1 aromatic rings. The van der Waals surface area contributed by atoms with Gasteiger partial charge in [0.15, 0.2) is 0 Å². The number of hydrogen-bond donors (Lipinski definition) is 2. The molecule has 1 amide bonds. The van der Waals surface area contributed by atoms with Crippen LogP contribution in [-0.4, -0.2) is 52.9 Å². The summed E-state index contributed by atoms with van der Waals surface area (Å²) >= 11 is 0. The van der Waals surface area contributed by atoms with E-state index in [4.69, 9.17) is 9.84 Å². The molecule has 0 bridgehead atoms. The highest BCUT2D eigenvalue weighted by Gasteiger charge is 2.31. The molecule has 0 aromatic carbocycles. The highest BCUT2D eigenvalue weighted by molar-refractivity contribution is 8.72. The third kappa shape index (κ3) is 6.48. The number of alkyl carbamates (subject to hydrolysis) is 1. The Morgan fingerprint density at radius 1 is 1.46 bits per heavy atom. The molecule has 0 unspecified atom stereocenters. The van der Waals surface area contributed by atoms with Gasteiger partial charge in [-0.25, -0.2) is 23.0 Å². The van der Waals surface area contributed by atoms with Crippen LogP contribution in [-0.2, 0) is 18.4 Å². The standard InChI is InChI=1S/C13H17N3O8S2/c1-13(2,3)24-12(19)15-8(11(17)18)7-25-26(22,23)10-9(16(20)21)5-4-6-14-10/h4-6,8H,7H2,1-3H3,(H,15,19)(H,17,18)/t8-/m0/s1. The van der Waals surface area contributed by atoms with Gasteiger partial charge in [-0.1, -0.05) is 0 Å². The molecule has 26 heavy (non-hydrogen) atoms. The zero-order valence-corrected chi connectivity index (χ0v) is 15.7. The van der Waals surface area contributed by atoms with Crippen LogP contribution in [0.15, 0.2) is 23.4 Å². The molecule has 0 saturated carbocycles. The van der Waals surface area contributed by atoms with Crippen molar-refractivity contribution in [3.63, 3.8) is 0 Å². The first-order valence-electron chi connectivity index (χ1n) is 7.04. The number of pyridine rings is 1. The fourth-order valence-corrected chi connectivity index (χ4v) is 4.46. The van der Waals surface area contributed by atoms with Crippen molar-refractivity contribution in [1.82, 2.24) is 10.3 Å². The molecule has 0 aliphatic rings. The minimum Gasteiger partial charge on any atom is -0.480 e.